The highest BCUT2D eigenvalue weighted by Crippen LogP contribution is 2.21. The number of aliphatic hydroxyl groups is 1. The van der Waals surface area contributed by atoms with E-state index in [0.717, 1.165) is 25.8 Å². The quantitative estimate of drug-likeness (QED) is 0.711. The Bertz CT molecular complexity index is 323. The summed E-state index contributed by atoms with van der Waals surface area (Å²) in [5, 5.41) is 12.8. The second kappa shape index (κ2) is 9.11. The molecule has 0 spiro atoms. The second-order valence-corrected chi connectivity index (χ2v) is 5.79. The van der Waals surface area contributed by atoms with Gasteiger partial charge in [0.25, 0.3) is 0 Å². The van der Waals surface area contributed by atoms with Gasteiger partial charge in [0.05, 0.1) is 0 Å². The molecular weight excluding hydrogens is 234 g/mol. The highest BCUT2D eigenvalue weighted by atomic mass is 16.3. The summed E-state index contributed by atoms with van der Waals surface area (Å²) in [6, 6.07) is 11.1. The smallest absolute Gasteiger partial charge is 0.0434 e. The molecule has 1 aromatic carbocycles. The Kier molecular flexibility index (Phi) is 7.76. The van der Waals surface area contributed by atoms with Crippen molar-refractivity contribution in [3.05, 3.63) is 35.9 Å². The van der Waals surface area contributed by atoms with E-state index in [4.69, 9.17) is 5.11 Å². The topological polar surface area (TPSA) is 32.3 Å². The Balaban J connectivity index is 2.60. The molecule has 2 atom stereocenters. The normalized spacial score (nSPS) is 14.6. The third kappa shape index (κ3) is 6.22. The lowest BCUT2D eigenvalue weighted by Crippen LogP contribution is -2.28. The summed E-state index contributed by atoms with van der Waals surface area (Å²) in [5.74, 6) is 1.25. The van der Waals surface area contributed by atoms with Crippen LogP contribution < -0.4 is 5.32 Å². The van der Waals surface area contributed by atoms with Crippen LogP contribution >= 0.6 is 0 Å². The maximum absolute atomic E-state index is 9.07. The maximum Gasteiger partial charge on any atom is 0.0434 e. The van der Waals surface area contributed by atoms with E-state index >= 15 is 0 Å². The minimum absolute atomic E-state index is 0.292. The lowest BCUT2D eigenvalue weighted by Gasteiger charge is -2.24. The van der Waals surface area contributed by atoms with Gasteiger partial charge in [-0.05, 0) is 36.8 Å². The van der Waals surface area contributed by atoms with E-state index in [9.17, 15) is 0 Å². The number of hydrogen-bond donors (Lipinski definition) is 2. The molecule has 108 valence electrons. The third-order valence-electron chi connectivity index (χ3n) is 3.68. The van der Waals surface area contributed by atoms with Crippen molar-refractivity contribution in [2.45, 2.75) is 46.1 Å². The van der Waals surface area contributed by atoms with Crippen LogP contribution in [0.15, 0.2) is 30.3 Å². The number of aliphatic hydroxyl groups excluding tert-OH is 1. The van der Waals surface area contributed by atoms with E-state index < -0.39 is 0 Å². The van der Waals surface area contributed by atoms with Crippen molar-refractivity contribution in [2.75, 3.05) is 13.2 Å². The van der Waals surface area contributed by atoms with Gasteiger partial charge in [-0.15, -0.1) is 0 Å². The summed E-state index contributed by atoms with van der Waals surface area (Å²) < 4.78 is 0. The van der Waals surface area contributed by atoms with Gasteiger partial charge in [-0.3, -0.25) is 0 Å². The first-order valence-corrected chi connectivity index (χ1v) is 7.56. The number of nitrogens with one attached hydrogen (secondary N) is 1. The molecule has 0 amide bonds. The van der Waals surface area contributed by atoms with Crippen LogP contribution in [0.5, 0.6) is 0 Å². The molecule has 0 saturated heterocycles. The van der Waals surface area contributed by atoms with Gasteiger partial charge in [-0.2, -0.15) is 0 Å². The molecule has 0 aliphatic carbocycles. The molecule has 0 saturated carbocycles. The average molecular weight is 263 g/mol. The van der Waals surface area contributed by atoms with Gasteiger partial charge in [0, 0.05) is 12.6 Å². The van der Waals surface area contributed by atoms with Gasteiger partial charge in [0.1, 0.15) is 0 Å². The van der Waals surface area contributed by atoms with Gasteiger partial charge in [-0.25, -0.2) is 0 Å². The molecule has 0 radical (unpaired) electrons. The fourth-order valence-corrected chi connectivity index (χ4v) is 2.44. The Labute approximate surface area is 118 Å². The third-order valence-corrected chi connectivity index (χ3v) is 3.68. The molecule has 2 heteroatoms. The highest BCUT2D eigenvalue weighted by Gasteiger charge is 2.14. The van der Waals surface area contributed by atoms with Crippen LogP contribution in [-0.2, 0) is 0 Å². The Morgan fingerprint density at radius 1 is 1.16 bits per heavy atom. The van der Waals surface area contributed by atoms with Crippen LogP contribution in [0.1, 0.15) is 51.6 Å². The standard InChI is InChI=1S/C17H29NO/c1-4-15(10-11-19)13-18-17(12-14(2)3)16-8-6-5-7-9-16/h5-9,14-15,17-19H,4,10-13H2,1-3H3. The fourth-order valence-electron chi connectivity index (χ4n) is 2.44. The van der Waals surface area contributed by atoms with Gasteiger partial charge in [0.15, 0.2) is 0 Å². The predicted molar refractivity (Wildman–Crippen MR) is 82.1 cm³/mol. The Hall–Kier alpha value is -0.860. The first-order valence-electron chi connectivity index (χ1n) is 7.56. The summed E-state index contributed by atoms with van der Waals surface area (Å²) in [5.41, 5.74) is 1.37. The van der Waals surface area contributed by atoms with E-state index in [1.807, 2.05) is 0 Å². The van der Waals surface area contributed by atoms with Crippen molar-refractivity contribution in [1.29, 1.82) is 0 Å². The summed E-state index contributed by atoms with van der Waals surface area (Å²) in [7, 11) is 0. The predicted octanol–water partition coefficient (Wildman–Crippen LogP) is 3.77. The van der Waals surface area contributed by atoms with Crippen LogP contribution in [-0.4, -0.2) is 18.3 Å². The molecule has 2 unspecified atom stereocenters. The minimum atomic E-state index is 0.292. The summed E-state index contributed by atoms with van der Waals surface area (Å²) in [6.45, 7) is 8.01. The zero-order valence-corrected chi connectivity index (χ0v) is 12.6. The molecule has 0 aliphatic heterocycles. The van der Waals surface area contributed by atoms with Crippen molar-refractivity contribution in [2.24, 2.45) is 11.8 Å². The Morgan fingerprint density at radius 3 is 2.37 bits per heavy atom. The first-order chi connectivity index (χ1) is 9.17. The molecule has 19 heavy (non-hydrogen) atoms. The SMILES string of the molecule is CCC(CCO)CNC(CC(C)C)c1ccccc1. The van der Waals surface area contributed by atoms with Crippen molar-refractivity contribution in [1.82, 2.24) is 5.32 Å². The molecule has 0 bridgehead atoms. The number of benzene rings is 1. The monoisotopic (exact) mass is 263 g/mol. The molecule has 1 rings (SSSR count). The fraction of sp³-hybridized carbons (Fsp3) is 0.647. The van der Waals surface area contributed by atoms with E-state index in [1.54, 1.807) is 0 Å². The highest BCUT2D eigenvalue weighted by molar-refractivity contribution is 5.18. The Morgan fingerprint density at radius 2 is 1.84 bits per heavy atom. The van der Waals surface area contributed by atoms with E-state index in [0.29, 0.717) is 24.5 Å². The van der Waals surface area contributed by atoms with E-state index in [-0.39, 0.29) is 0 Å². The summed E-state index contributed by atoms with van der Waals surface area (Å²) >= 11 is 0. The summed E-state index contributed by atoms with van der Waals surface area (Å²) in [6.07, 6.45) is 3.17. The van der Waals surface area contributed by atoms with Gasteiger partial charge in [-0.1, -0.05) is 57.5 Å². The van der Waals surface area contributed by atoms with Crippen molar-refractivity contribution in [3.63, 3.8) is 0 Å². The minimum Gasteiger partial charge on any atom is -0.396 e. The molecule has 1 aromatic rings. The molecule has 2 N–H and O–H groups in total. The van der Waals surface area contributed by atoms with E-state index in [2.05, 4.69) is 56.4 Å². The lowest BCUT2D eigenvalue weighted by atomic mass is 9.95. The largest absolute Gasteiger partial charge is 0.396 e. The van der Waals surface area contributed by atoms with Crippen molar-refractivity contribution >= 4 is 0 Å². The molecular formula is C17H29NO. The second-order valence-electron chi connectivity index (χ2n) is 5.79. The molecule has 0 heterocycles. The lowest BCUT2D eigenvalue weighted by molar-refractivity contribution is 0.246. The van der Waals surface area contributed by atoms with E-state index in [1.165, 1.54) is 5.56 Å². The van der Waals surface area contributed by atoms with Gasteiger partial charge in [0.2, 0.25) is 0 Å². The zero-order chi connectivity index (χ0) is 14.1. The zero-order valence-electron chi connectivity index (χ0n) is 12.6. The summed E-state index contributed by atoms with van der Waals surface area (Å²) in [4.78, 5) is 0. The van der Waals surface area contributed by atoms with Crippen LogP contribution in [0.4, 0.5) is 0 Å². The van der Waals surface area contributed by atoms with Gasteiger partial charge < -0.3 is 10.4 Å². The van der Waals surface area contributed by atoms with Crippen LogP contribution in [0.3, 0.4) is 0 Å². The molecule has 0 aliphatic rings. The average Bonchev–Trinajstić information content (AvgIpc) is 2.42. The maximum atomic E-state index is 9.07. The number of hydrogen-bond acceptors (Lipinski definition) is 2. The van der Waals surface area contributed by atoms with Crippen LogP contribution in [0.2, 0.25) is 0 Å². The van der Waals surface area contributed by atoms with Crippen LogP contribution in [0, 0.1) is 11.8 Å². The van der Waals surface area contributed by atoms with Crippen molar-refractivity contribution in [3.8, 4) is 0 Å². The van der Waals surface area contributed by atoms with Gasteiger partial charge >= 0.3 is 0 Å². The molecule has 0 fully saturated rings. The molecule has 0 aromatic heterocycles. The number of rotatable bonds is 9. The first kappa shape index (κ1) is 16.2. The van der Waals surface area contributed by atoms with Crippen LogP contribution in [0.25, 0.3) is 0 Å². The van der Waals surface area contributed by atoms with Crippen molar-refractivity contribution < 1.29 is 5.11 Å². The molecule has 2 nitrogen and oxygen atoms in total.